The fraction of sp³-hybridized carbons (Fsp3) is 0.919. The third-order valence-corrected chi connectivity index (χ3v) is 14.8. The number of aliphatic hydroxyl groups excluding tert-OH is 3. The van der Waals surface area contributed by atoms with E-state index in [0.29, 0.717) is 6.42 Å². The lowest BCUT2D eigenvalue weighted by Crippen LogP contribution is -2.97. The monoisotopic (exact) mass is 922 g/mol. The van der Waals surface area contributed by atoms with Crippen molar-refractivity contribution in [1.82, 2.24) is 0 Å². The SMILES string of the molecule is COC1(C(O)OC2CC3C4CCCC(C)(C(C)C(=O)C(=O)C(C)C)C4C(O)CC3(C)C2C(=O)C(O)(O)OCC(O)(CC(O)O)C(O)(O)O)C(O)(O)C(O)(O)C(O)(O)C(O)(O)C1(O)O. The molecular formula is C37H62O26. The van der Waals surface area contributed by atoms with E-state index in [1.807, 2.05) is 0 Å². The molecule has 366 valence electrons. The number of methoxy groups -OCH3 is 1. The van der Waals surface area contributed by atoms with E-state index in [0.717, 1.165) is 0 Å². The zero-order valence-electron chi connectivity index (χ0n) is 35.1. The van der Waals surface area contributed by atoms with Crippen LogP contribution in [0.1, 0.15) is 73.1 Å². The molecule has 20 N–H and O–H groups in total. The van der Waals surface area contributed by atoms with Gasteiger partial charge < -0.3 is 116 Å². The molecule has 26 heteroatoms. The van der Waals surface area contributed by atoms with Gasteiger partial charge in [-0.3, -0.25) is 14.4 Å². The van der Waals surface area contributed by atoms with Gasteiger partial charge in [-0.2, -0.15) is 0 Å². The lowest BCUT2D eigenvalue weighted by Gasteiger charge is -2.64. The second kappa shape index (κ2) is 16.4. The third-order valence-electron chi connectivity index (χ3n) is 14.8. The van der Waals surface area contributed by atoms with Gasteiger partial charge in [0.2, 0.25) is 23.0 Å². The lowest BCUT2D eigenvalue weighted by molar-refractivity contribution is -0.624. The largest absolute Gasteiger partial charge is 0.393 e. The molecule has 4 aliphatic rings. The molecule has 0 saturated heterocycles. The molecule has 0 heterocycles. The zero-order valence-corrected chi connectivity index (χ0v) is 35.1. The van der Waals surface area contributed by atoms with Gasteiger partial charge in [0.15, 0.2) is 18.2 Å². The maximum atomic E-state index is 14.5. The molecule has 4 fully saturated rings. The Hall–Kier alpha value is -1.91. The molecule has 26 nitrogen and oxygen atoms in total. The van der Waals surface area contributed by atoms with Crippen LogP contribution in [0.3, 0.4) is 0 Å². The number of hydrogen-bond acceptors (Lipinski definition) is 26. The molecule has 11 unspecified atom stereocenters. The summed E-state index contributed by atoms with van der Waals surface area (Å²) in [5, 5.41) is 212. The molecule has 4 rings (SSSR count). The van der Waals surface area contributed by atoms with E-state index < -0.39 is 166 Å². The summed E-state index contributed by atoms with van der Waals surface area (Å²) in [5.74, 6) is -44.3. The number of hydrogen-bond donors (Lipinski definition) is 20. The van der Waals surface area contributed by atoms with Gasteiger partial charge in [-0.15, -0.1) is 0 Å². The number of ketones is 3. The maximum absolute atomic E-state index is 14.5. The molecule has 11 atom stereocenters. The van der Waals surface area contributed by atoms with Crippen LogP contribution in [0.25, 0.3) is 0 Å². The molecular weight excluding hydrogens is 860 g/mol. The first-order chi connectivity index (χ1) is 28.1. The summed E-state index contributed by atoms with van der Waals surface area (Å²) >= 11 is 0. The molecule has 0 aromatic carbocycles. The van der Waals surface area contributed by atoms with Gasteiger partial charge in [-0.1, -0.05) is 41.0 Å². The van der Waals surface area contributed by atoms with Gasteiger partial charge >= 0.3 is 11.9 Å². The fourth-order valence-electron chi connectivity index (χ4n) is 11.0. The Balaban J connectivity index is 1.91. The number of ether oxygens (including phenoxy) is 3. The minimum absolute atomic E-state index is 0.202. The van der Waals surface area contributed by atoms with Crippen LogP contribution in [0.2, 0.25) is 0 Å². The van der Waals surface area contributed by atoms with Crippen LogP contribution in [0.5, 0.6) is 0 Å². The van der Waals surface area contributed by atoms with E-state index in [9.17, 15) is 117 Å². The van der Waals surface area contributed by atoms with Gasteiger partial charge in [0.1, 0.15) is 0 Å². The third kappa shape index (κ3) is 7.53. The van der Waals surface area contributed by atoms with E-state index in [1.54, 1.807) is 6.92 Å². The molecule has 0 radical (unpaired) electrons. The van der Waals surface area contributed by atoms with Crippen LogP contribution in [-0.4, -0.2) is 210 Å². The molecule has 0 aromatic rings. The second-order valence-electron chi connectivity index (χ2n) is 18.7. The summed E-state index contributed by atoms with van der Waals surface area (Å²) in [5.41, 5.74) is -11.2. The first kappa shape index (κ1) is 53.7. The smallest absolute Gasteiger partial charge is 0.342 e. The molecule has 4 saturated carbocycles. The van der Waals surface area contributed by atoms with Crippen molar-refractivity contribution in [1.29, 1.82) is 0 Å². The number of rotatable bonds is 16. The second-order valence-corrected chi connectivity index (χ2v) is 18.7. The number of Topliss-reactive ketones (excluding diaryl/α,β-unsaturated/α-hetero) is 3. The van der Waals surface area contributed by atoms with Gasteiger partial charge in [0.05, 0.1) is 24.7 Å². The van der Waals surface area contributed by atoms with Crippen LogP contribution in [0, 0.1) is 46.3 Å². The average molecular weight is 923 g/mol. The highest BCUT2D eigenvalue weighted by Gasteiger charge is 2.93. The Labute approximate surface area is 358 Å². The molecule has 0 bridgehead atoms. The Morgan fingerprint density at radius 2 is 1.25 bits per heavy atom. The van der Waals surface area contributed by atoms with Gasteiger partial charge in [-0.25, -0.2) is 0 Å². The van der Waals surface area contributed by atoms with E-state index in [4.69, 9.17) is 14.2 Å². The highest BCUT2D eigenvalue weighted by atomic mass is 16.8. The Bertz CT molecular complexity index is 1700. The van der Waals surface area contributed by atoms with Crippen molar-refractivity contribution in [2.75, 3.05) is 13.7 Å². The van der Waals surface area contributed by atoms with Crippen LogP contribution in [-0.2, 0) is 28.6 Å². The van der Waals surface area contributed by atoms with Gasteiger partial charge in [0, 0.05) is 25.4 Å². The molecule has 4 aliphatic carbocycles. The van der Waals surface area contributed by atoms with Crippen LogP contribution < -0.4 is 0 Å². The quantitative estimate of drug-likeness (QED) is 0.0505. The van der Waals surface area contributed by atoms with E-state index in [2.05, 4.69) is 0 Å². The summed E-state index contributed by atoms with van der Waals surface area (Å²) in [4.78, 5) is 41.0. The predicted molar refractivity (Wildman–Crippen MR) is 195 cm³/mol. The van der Waals surface area contributed by atoms with Gasteiger partial charge in [0.25, 0.3) is 28.9 Å². The predicted octanol–water partition coefficient (Wildman–Crippen LogP) is -8.96. The first-order valence-electron chi connectivity index (χ1n) is 19.9. The van der Waals surface area contributed by atoms with Crippen molar-refractivity contribution < 1.29 is 131 Å². The van der Waals surface area contributed by atoms with Gasteiger partial charge in [-0.05, 0) is 54.3 Å². The number of carbonyl (C=O) groups is 3. The minimum Gasteiger partial charge on any atom is -0.393 e. The standard InChI is InChI=1S/C37H62O26/c1-14(2)23(41)24(42)15(3)27(4)9-7-8-16-17-10-19(63-26(44)30(61-6)32(48,49)34(52,53)36(56,57)35(54,55)33(30,50)51)22(28(17,5)11-18(38)21(16)27)25(43)31(46,47)62-13-29(45,12-20(39)40)37(58,59)60/h14-22,26,38-40,44-60H,7-13H2,1-6H3. The summed E-state index contributed by atoms with van der Waals surface area (Å²) in [6, 6.07) is 0. The molecule has 0 spiro atoms. The van der Waals surface area contributed by atoms with Crippen molar-refractivity contribution >= 4 is 17.3 Å². The Kier molecular flexibility index (Phi) is 14.0. The average Bonchev–Trinajstić information content (AvgIpc) is 3.42. The van der Waals surface area contributed by atoms with Crippen LogP contribution in [0.4, 0.5) is 0 Å². The minimum atomic E-state index is -5.15. The van der Waals surface area contributed by atoms with E-state index >= 15 is 0 Å². The highest BCUT2D eigenvalue weighted by molar-refractivity contribution is 6.38. The van der Waals surface area contributed by atoms with Crippen molar-refractivity contribution in [2.45, 2.75) is 150 Å². The number of fused-ring (bicyclic) bond motifs is 3. The molecule has 0 amide bonds. The highest BCUT2D eigenvalue weighted by Crippen LogP contribution is 2.67. The summed E-state index contributed by atoms with van der Waals surface area (Å²) in [6.07, 6.45) is -12.0. The first-order valence-corrected chi connectivity index (χ1v) is 19.9. The van der Waals surface area contributed by atoms with Crippen LogP contribution in [0.15, 0.2) is 0 Å². The summed E-state index contributed by atoms with van der Waals surface area (Å²) in [6.45, 7) is 5.59. The van der Waals surface area contributed by atoms with Crippen molar-refractivity contribution in [3.05, 3.63) is 0 Å². The number of aliphatic hydroxyl groups is 20. The van der Waals surface area contributed by atoms with E-state index in [-0.39, 0.29) is 20.0 Å². The molecule has 0 aromatic heterocycles. The van der Waals surface area contributed by atoms with Crippen molar-refractivity contribution in [2.24, 2.45) is 46.3 Å². The fourth-order valence-corrected chi connectivity index (χ4v) is 11.0. The molecule has 0 aliphatic heterocycles. The Morgan fingerprint density at radius 3 is 1.70 bits per heavy atom. The lowest BCUT2D eigenvalue weighted by atomic mass is 9.46. The normalized spacial score (nSPS) is 36.2. The maximum Gasteiger partial charge on any atom is 0.342 e. The molecule has 63 heavy (non-hydrogen) atoms. The zero-order chi connectivity index (χ0) is 49.1. The van der Waals surface area contributed by atoms with E-state index in [1.165, 1.54) is 27.7 Å². The van der Waals surface area contributed by atoms with Crippen molar-refractivity contribution in [3.8, 4) is 0 Å². The number of carbonyl (C=O) groups excluding carboxylic acids is 3. The summed E-state index contributed by atoms with van der Waals surface area (Å²) in [7, 11) is 0.256. The van der Waals surface area contributed by atoms with Crippen molar-refractivity contribution in [3.63, 3.8) is 0 Å². The topological polar surface area (TPSA) is 484 Å². The van der Waals surface area contributed by atoms with Crippen LogP contribution >= 0.6 is 0 Å². The Morgan fingerprint density at radius 1 is 0.762 bits per heavy atom. The summed E-state index contributed by atoms with van der Waals surface area (Å²) < 4.78 is 15.0.